The molecule has 0 aliphatic rings. The topological polar surface area (TPSA) is 96.0 Å². The minimum atomic E-state index is -4.89. The lowest BCUT2D eigenvalue weighted by molar-refractivity contribution is -0.139. The van der Waals surface area contributed by atoms with Crippen LogP contribution in [0, 0.1) is 0 Å². The molecule has 0 heterocycles. The summed E-state index contributed by atoms with van der Waals surface area (Å²) in [6.07, 6.45) is -3.35. The number of anilines is 1. The molecular weight excluding hydrogens is 607 g/mol. The third-order valence-electron chi connectivity index (χ3n) is 6.64. The Hall–Kier alpha value is -3.77. The molecule has 1 atom stereocenters. The van der Waals surface area contributed by atoms with E-state index in [1.165, 1.54) is 43.2 Å². The zero-order chi connectivity index (χ0) is 31.8. The van der Waals surface area contributed by atoms with Gasteiger partial charge in [0.2, 0.25) is 11.8 Å². The number of amides is 2. The van der Waals surface area contributed by atoms with Gasteiger partial charge in [0.25, 0.3) is 10.0 Å². The molecule has 0 aliphatic carbocycles. The molecule has 0 saturated carbocycles. The summed E-state index contributed by atoms with van der Waals surface area (Å²) < 4.78 is 74.7. The Labute approximate surface area is 254 Å². The van der Waals surface area contributed by atoms with E-state index in [4.69, 9.17) is 16.3 Å². The van der Waals surface area contributed by atoms with E-state index in [1.54, 1.807) is 30.3 Å². The molecule has 2 amide bonds. The molecule has 0 aromatic heterocycles. The third kappa shape index (κ3) is 8.64. The number of nitrogens with zero attached hydrogens (tertiary/aromatic N) is 2. The normalized spacial score (nSPS) is 12.3. The molecule has 3 aromatic rings. The van der Waals surface area contributed by atoms with Crippen LogP contribution in [0.25, 0.3) is 0 Å². The number of hydrogen-bond acceptors (Lipinski definition) is 5. The average Bonchev–Trinajstić information content (AvgIpc) is 2.98. The van der Waals surface area contributed by atoms with Gasteiger partial charge in [-0.25, -0.2) is 8.42 Å². The van der Waals surface area contributed by atoms with Crippen molar-refractivity contribution in [1.29, 1.82) is 0 Å². The monoisotopic (exact) mass is 639 g/mol. The van der Waals surface area contributed by atoms with E-state index in [0.717, 1.165) is 18.6 Å². The van der Waals surface area contributed by atoms with Gasteiger partial charge in [0.1, 0.15) is 18.3 Å². The van der Waals surface area contributed by atoms with Crippen LogP contribution < -0.4 is 14.4 Å². The van der Waals surface area contributed by atoms with Crippen LogP contribution in [0.2, 0.25) is 5.02 Å². The van der Waals surface area contributed by atoms with E-state index in [0.29, 0.717) is 34.7 Å². The molecule has 232 valence electrons. The number of benzene rings is 3. The summed E-state index contributed by atoms with van der Waals surface area (Å²) in [5.74, 6) is -0.781. The molecule has 8 nitrogen and oxygen atoms in total. The molecular formula is C30H33ClF3N3O5S. The van der Waals surface area contributed by atoms with Crippen LogP contribution in [0.15, 0.2) is 77.7 Å². The fraction of sp³-hybridized carbons (Fsp3) is 0.333. The van der Waals surface area contributed by atoms with Crippen LogP contribution in [0.1, 0.15) is 37.8 Å². The molecule has 0 aliphatic heterocycles. The van der Waals surface area contributed by atoms with Gasteiger partial charge in [0.15, 0.2) is 0 Å². The largest absolute Gasteiger partial charge is 0.497 e. The quantitative estimate of drug-likeness (QED) is 0.235. The second-order valence-electron chi connectivity index (χ2n) is 9.68. The van der Waals surface area contributed by atoms with Crippen molar-refractivity contribution in [3.8, 4) is 5.75 Å². The van der Waals surface area contributed by atoms with Crippen molar-refractivity contribution < 1.29 is 35.9 Å². The number of carbonyl (C=O) groups excluding carboxylic acids is 2. The van der Waals surface area contributed by atoms with Crippen molar-refractivity contribution in [2.75, 3.05) is 24.5 Å². The molecule has 13 heteroatoms. The Morgan fingerprint density at radius 3 is 2.35 bits per heavy atom. The van der Waals surface area contributed by atoms with Gasteiger partial charge >= 0.3 is 6.18 Å². The van der Waals surface area contributed by atoms with E-state index in [1.807, 2.05) is 6.92 Å². The van der Waals surface area contributed by atoms with E-state index in [9.17, 15) is 31.2 Å². The molecule has 1 unspecified atom stereocenters. The Kier molecular flexibility index (Phi) is 11.5. The first-order valence-corrected chi connectivity index (χ1v) is 15.3. The van der Waals surface area contributed by atoms with Crippen molar-refractivity contribution in [3.05, 3.63) is 88.9 Å². The smallest absolute Gasteiger partial charge is 0.417 e. The number of nitrogens with one attached hydrogen (secondary N) is 1. The van der Waals surface area contributed by atoms with Gasteiger partial charge in [-0.15, -0.1) is 0 Å². The Morgan fingerprint density at radius 2 is 1.72 bits per heavy atom. The number of halogens is 4. The SMILES string of the molecule is CCCCNC(=O)C(C)N(Cc1cccc(OC)c1)C(=O)CN(c1ccc(Cl)c(C(F)(F)F)c1)S(=O)(=O)c1ccccc1. The average molecular weight is 640 g/mol. The second-order valence-corrected chi connectivity index (χ2v) is 11.9. The maximum atomic E-state index is 13.9. The number of hydrogen-bond donors (Lipinski definition) is 1. The number of alkyl halides is 3. The number of sulfonamides is 1. The van der Waals surface area contributed by atoms with Crippen LogP contribution in [0.5, 0.6) is 5.75 Å². The molecule has 3 rings (SSSR count). The van der Waals surface area contributed by atoms with Crippen molar-refractivity contribution in [2.24, 2.45) is 0 Å². The van der Waals surface area contributed by atoms with E-state index < -0.39 is 56.9 Å². The molecule has 43 heavy (non-hydrogen) atoms. The highest BCUT2D eigenvalue weighted by molar-refractivity contribution is 7.92. The van der Waals surface area contributed by atoms with Gasteiger partial charge in [0.05, 0.1) is 28.3 Å². The second kappa shape index (κ2) is 14.6. The summed E-state index contributed by atoms with van der Waals surface area (Å²) in [5.41, 5.74) is -1.09. The highest BCUT2D eigenvalue weighted by Gasteiger charge is 2.37. The minimum Gasteiger partial charge on any atom is -0.497 e. The van der Waals surface area contributed by atoms with Crippen LogP contribution in [0.3, 0.4) is 0 Å². The molecule has 1 N–H and O–H groups in total. The standard InChI is InChI=1S/C30H33ClF3N3O5S/c1-4-5-16-35-29(39)21(2)36(19-22-10-9-11-24(17-22)42-3)28(38)20-37(43(40,41)25-12-7-6-8-13-25)23-14-15-27(31)26(18-23)30(32,33)34/h6-15,17-18,21H,4-5,16,19-20H2,1-3H3,(H,35,39). The molecule has 0 radical (unpaired) electrons. The van der Waals surface area contributed by atoms with Crippen LogP contribution >= 0.6 is 11.6 Å². The van der Waals surface area contributed by atoms with Crippen molar-refractivity contribution in [2.45, 2.75) is 50.3 Å². The summed E-state index contributed by atoms with van der Waals surface area (Å²) in [4.78, 5) is 27.9. The zero-order valence-corrected chi connectivity index (χ0v) is 25.5. The fourth-order valence-electron chi connectivity index (χ4n) is 4.22. The fourth-order valence-corrected chi connectivity index (χ4v) is 5.87. The number of carbonyl (C=O) groups is 2. The number of ether oxygens (including phenoxy) is 1. The van der Waals surface area contributed by atoms with Crippen LogP contribution in [0.4, 0.5) is 18.9 Å². The lowest BCUT2D eigenvalue weighted by atomic mass is 10.1. The minimum absolute atomic E-state index is 0.105. The molecule has 0 saturated heterocycles. The third-order valence-corrected chi connectivity index (χ3v) is 8.75. The highest BCUT2D eigenvalue weighted by Crippen LogP contribution is 2.38. The Morgan fingerprint density at radius 1 is 1.02 bits per heavy atom. The number of unbranched alkanes of at least 4 members (excludes halogenated alkanes) is 1. The maximum absolute atomic E-state index is 13.9. The lowest BCUT2D eigenvalue weighted by Crippen LogP contribution is -2.51. The van der Waals surface area contributed by atoms with Gasteiger partial charge in [-0.1, -0.05) is 55.3 Å². The lowest BCUT2D eigenvalue weighted by Gasteiger charge is -2.32. The zero-order valence-electron chi connectivity index (χ0n) is 23.9. The van der Waals surface area contributed by atoms with Gasteiger partial charge in [0, 0.05) is 13.1 Å². The summed E-state index contributed by atoms with van der Waals surface area (Å²) in [7, 11) is -3.08. The van der Waals surface area contributed by atoms with Gasteiger partial charge in [-0.3, -0.25) is 13.9 Å². The van der Waals surface area contributed by atoms with E-state index in [2.05, 4.69) is 5.32 Å². The van der Waals surface area contributed by atoms with E-state index >= 15 is 0 Å². The van der Waals surface area contributed by atoms with Crippen LogP contribution in [-0.2, 0) is 32.3 Å². The molecule has 0 spiro atoms. The van der Waals surface area contributed by atoms with E-state index in [-0.39, 0.29) is 11.4 Å². The highest BCUT2D eigenvalue weighted by atomic mass is 35.5. The molecule has 3 aromatic carbocycles. The Bertz CT molecular complexity index is 1520. The first-order valence-electron chi connectivity index (χ1n) is 13.4. The van der Waals surface area contributed by atoms with Crippen LogP contribution in [-0.4, -0.2) is 51.4 Å². The van der Waals surface area contributed by atoms with Gasteiger partial charge < -0.3 is 15.0 Å². The summed E-state index contributed by atoms with van der Waals surface area (Å²) in [6, 6.07) is 15.3. The number of rotatable bonds is 13. The molecule has 0 fully saturated rings. The molecule has 0 bridgehead atoms. The summed E-state index contributed by atoms with van der Waals surface area (Å²) in [5, 5.41) is 2.14. The summed E-state index contributed by atoms with van der Waals surface area (Å²) >= 11 is 5.80. The van der Waals surface area contributed by atoms with Crippen molar-refractivity contribution >= 4 is 39.1 Å². The first kappa shape index (κ1) is 33.7. The summed E-state index contributed by atoms with van der Waals surface area (Å²) in [6.45, 7) is 2.83. The predicted molar refractivity (Wildman–Crippen MR) is 158 cm³/mol. The van der Waals surface area contributed by atoms with Crippen molar-refractivity contribution in [3.63, 3.8) is 0 Å². The van der Waals surface area contributed by atoms with Gasteiger partial charge in [-0.05, 0) is 61.4 Å². The number of methoxy groups -OCH3 is 1. The Balaban J connectivity index is 2.09. The predicted octanol–water partition coefficient (Wildman–Crippen LogP) is 5.90. The van der Waals surface area contributed by atoms with Crippen molar-refractivity contribution in [1.82, 2.24) is 10.2 Å². The maximum Gasteiger partial charge on any atom is 0.417 e. The van der Waals surface area contributed by atoms with Gasteiger partial charge in [-0.2, -0.15) is 13.2 Å². The first-order chi connectivity index (χ1) is 20.3.